The van der Waals surface area contributed by atoms with E-state index >= 15 is 0 Å². The molecule has 1 aromatic heterocycles. The standard InChI is InChI=1S/C15H12FNO2S/c16-13-9-11(5-7-15(18)19)4-6-12(13)10-20-14-3-1-2-8-17-14/h1-9H,10H2,(H,18,19). The zero-order valence-corrected chi connectivity index (χ0v) is 11.3. The van der Waals surface area contributed by atoms with Gasteiger partial charge in [-0.1, -0.05) is 18.2 Å². The minimum absolute atomic E-state index is 0.346. The van der Waals surface area contributed by atoms with E-state index in [1.807, 2.05) is 18.2 Å². The van der Waals surface area contributed by atoms with Gasteiger partial charge in [0, 0.05) is 18.0 Å². The summed E-state index contributed by atoms with van der Waals surface area (Å²) in [6.07, 6.45) is 4.04. The zero-order valence-electron chi connectivity index (χ0n) is 10.5. The van der Waals surface area contributed by atoms with Crippen LogP contribution in [0, 0.1) is 5.82 Å². The number of rotatable bonds is 5. The molecule has 1 aromatic carbocycles. The first kappa shape index (κ1) is 14.3. The van der Waals surface area contributed by atoms with E-state index in [0.29, 0.717) is 16.9 Å². The van der Waals surface area contributed by atoms with Gasteiger partial charge >= 0.3 is 5.97 Å². The Bertz CT molecular complexity index is 629. The Morgan fingerprint density at radius 1 is 1.35 bits per heavy atom. The van der Waals surface area contributed by atoms with E-state index in [1.165, 1.54) is 23.9 Å². The number of aliphatic carboxylic acids is 1. The van der Waals surface area contributed by atoms with Crippen molar-refractivity contribution < 1.29 is 14.3 Å². The number of hydrogen-bond donors (Lipinski definition) is 1. The van der Waals surface area contributed by atoms with E-state index < -0.39 is 5.97 Å². The summed E-state index contributed by atoms with van der Waals surface area (Å²) in [6, 6.07) is 10.3. The van der Waals surface area contributed by atoms with Gasteiger partial charge in [-0.3, -0.25) is 0 Å². The predicted molar refractivity (Wildman–Crippen MR) is 76.9 cm³/mol. The van der Waals surface area contributed by atoms with Gasteiger partial charge in [0.25, 0.3) is 0 Å². The quantitative estimate of drug-likeness (QED) is 0.675. The van der Waals surface area contributed by atoms with Crippen LogP contribution in [0.1, 0.15) is 11.1 Å². The molecule has 0 bridgehead atoms. The lowest BCUT2D eigenvalue weighted by Crippen LogP contribution is -1.90. The van der Waals surface area contributed by atoms with Crippen molar-refractivity contribution in [3.05, 3.63) is 65.6 Å². The molecule has 0 unspecified atom stereocenters. The maximum atomic E-state index is 13.9. The lowest BCUT2D eigenvalue weighted by atomic mass is 10.1. The summed E-state index contributed by atoms with van der Waals surface area (Å²) in [4.78, 5) is 14.5. The lowest BCUT2D eigenvalue weighted by molar-refractivity contribution is -0.131. The van der Waals surface area contributed by atoms with Crippen LogP contribution in [0.3, 0.4) is 0 Å². The van der Waals surface area contributed by atoms with E-state index in [4.69, 9.17) is 5.11 Å². The molecule has 0 spiro atoms. The van der Waals surface area contributed by atoms with Crippen molar-refractivity contribution in [3.8, 4) is 0 Å². The third-order valence-corrected chi connectivity index (χ3v) is 3.50. The number of benzene rings is 1. The van der Waals surface area contributed by atoms with Crippen molar-refractivity contribution in [3.63, 3.8) is 0 Å². The molecule has 3 nitrogen and oxygen atoms in total. The highest BCUT2D eigenvalue weighted by atomic mass is 32.2. The summed E-state index contributed by atoms with van der Waals surface area (Å²) in [6.45, 7) is 0. The molecule has 0 aliphatic heterocycles. The van der Waals surface area contributed by atoms with Crippen LogP contribution in [0.5, 0.6) is 0 Å². The highest BCUT2D eigenvalue weighted by Crippen LogP contribution is 2.22. The second kappa shape index (κ2) is 6.86. The van der Waals surface area contributed by atoms with Gasteiger partial charge in [0.15, 0.2) is 0 Å². The number of carboxylic acids is 1. The van der Waals surface area contributed by atoms with E-state index in [1.54, 1.807) is 18.3 Å². The Hall–Kier alpha value is -2.14. The first-order valence-corrected chi connectivity index (χ1v) is 6.87. The fourth-order valence-corrected chi connectivity index (χ4v) is 2.38. The summed E-state index contributed by atoms with van der Waals surface area (Å²) in [5.41, 5.74) is 1.09. The van der Waals surface area contributed by atoms with Crippen molar-refractivity contribution in [2.75, 3.05) is 0 Å². The Kier molecular flexibility index (Phi) is 4.90. The minimum atomic E-state index is -1.06. The normalized spacial score (nSPS) is 10.8. The number of nitrogens with zero attached hydrogens (tertiary/aromatic N) is 1. The fraction of sp³-hybridized carbons (Fsp3) is 0.0667. The first-order valence-electron chi connectivity index (χ1n) is 5.88. The number of aromatic nitrogens is 1. The lowest BCUT2D eigenvalue weighted by Gasteiger charge is -2.04. The molecule has 0 saturated heterocycles. The van der Waals surface area contributed by atoms with Crippen molar-refractivity contribution in [2.24, 2.45) is 0 Å². The molecular formula is C15H12FNO2S. The van der Waals surface area contributed by atoms with Crippen molar-refractivity contribution >= 4 is 23.8 Å². The number of halogens is 1. The molecule has 5 heteroatoms. The topological polar surface area (TPSA) is 50.2 Å². The van der Waals surface area contributed by atoms with Crippen molar-refractivity contribution in [1.82, 2.24) is 4.98 Å². The molecule has 0 aliphatic rings. The van der Waals surface area contributed by atoms with E-state index in [-0.39, 0.29) is 5.82 Å². The molecule has 20 heavy (non-hydrogen) atoms. The van der Waals surface area contributed by atoms with Crippen LogP contribution in [-0.4, -0.2) is 16.1 Å². The smallest absolute Gasteiger partial charge is 0.328 e. The van der Waals surface area contributed by atoms with Gasteiger partial charge in [0.1, 0.15) is 5.82 Å². The number of carboxylic acid groups (broad SMARTS) is 1. The van der Waals surface area contributed by atoms with Crippen LogP contribution in [0.15, 0.2) is 53.7 Å². The van der Waals surface area contributed by atoms with Crippen LogP contribution in [0.25, 0.3) is 6.08 Å². The van der Waals surface area contributed by atoms with Gasteiger partial charge in [0.05, 0.1) is 5.03 Å². The van der Waals surface area contributed by atoms with Crippen LogP contribution in [-0.2, 0) is 10.5 Å². The molecule has 0 radical (unpaired) electrons. The Labute approximate surface area is 120 Å². The zero-order chi connectivity index (χ0) is 14.4. The van der Waals surface area contributed by atoms with Crippen molar-refractivity contribution in [1.29, 1.82) is 0 Å². The molecule has 1 N–H and O–H groups in total. The molecule has 2 rings (SSSR count). The Balaban J connectivity index is 2.04. The summed E-state index contributed by atoms with van der Waals surface area (Å²) >= 11 is 1.45. The summed E-state index contributed by atoms with van der Waals surface area (Å²) in [5, 5.41) is 9.35. The van der Waals surface area contributed by atoms with Crippen LogP contribution in [0.2, 0.25) is 0 Å². The third-order valence-electron chi connectivity index (χ3n) is 2.51. The SMILES string of the molecule is O=C(O)C=Cc1ccc(CSc2ccccn2)c(F)c1. The molecule has 0 saturated carbocycles. The summed E-state index contributed by atoms with van der Waals surface area (Å²) in [5.74, 6) is -0.924. The number of hydrogen-bond acceptors (Lipinski definition) is 3. The molecule has 0 amide bonds. The van der Waals surface area contributed by atoms with Crippen LogP contribution in [0.4, 0.5) is 4.39 Å². The highest BCUT2D eigenvalue weighted by Gasteiger charge is 2.04. The fourth-order valence-electron chi connectivity index (χ4n) is 1.54. The van der Waals surface area contributed by atoms with E-state index in [9.17, 15) is 9.18 Å². The third kappa shape index (κ3) is 4.20. The first-order chi connectivity index (χ1) is 9.65. The van der Waals surface area contributed by atoms with Crippen molar-refractivity contribution in [2.45, 2.75) is 10.8 Å². The molecule has 0 aliphatic carbocycles. The average molecular weight is 289 g/mol. The molecule has 2 aromatic rings. The van der Waals surface area contributed by atoms with Gasteiger partial charge < -0.3 is 5.11 Å². The molecule has 1 heterocycles. The molecule has 0 atom stereocenters. The number of thioether (sulfide) groups is 1. The maximum absolute atomic E-state index is 13.9. The minimum Gasteiger partial charge on any atom is -0.478 e. The second-order valence-electron chi connectivity index (χ2n) is 3.98. The average Bonchev–Trinajstić information content (AvgIpc) is 2.45. The maximum Gasteiger partial charge on any atom is 0.328 e. The largest absolute Gasteiger partial charge is 0.478 e. The molecule has 0 fully saturated rings. The summed E-state index contributed by atoms with van der Waals surface area (Å²) in [7, 11) is 0. The van der Waals surface area contributed by atoms with E-state index in [2.05, 4.69) is 4.98 Å². The van der Waals surface area contributed by atoms with E-state index in [0.717, 1.165) is 11.1 Å². The van der Waals surface area contributed by atoms with Crippen LogP contribution >= 0.6 is 11.8 Å². The second-order valence-corrected chi connectivity index (χ2v) is 4.97. The monoisotopic (exact) mass is 289 g/mol. The number of pyridine rings is 1. The predicted octanol–water partition coefficient (Wildman–Crippen LogP) is 3.61. The van der Waals surface area contributed by atoms with Gasteiger partial charge in [-0.05, 0) is 35.4 Å². The van der Waals surface area contributed by atoms with Crippen LogP contribution < -0.4 is 0 Å². The Morgan fingerprint density at radius 3 is 2.85 bits per heavy atom. The Morgan fingerprint density at radius 2 is 2.20 bits per heavy atom. The number of carbonyl (C=O) groups is 1. The van der Waals surface area contributed by atoms with Gasteiger partial charge in [-0.25, -0.2) is 14.2 Å². The van der Waals surface area contributed by atoms with Gasteiger partial charge in [-0.2, -0.15) is 0 Å². The van der Waals surface area contributed by atoms with Gasteiger partial charge in [-0.15, -0.1) is 11.8 Å². The molecular weight excluding hydrogens is 277 g/mol. The molecule has 102 valence electrons. The van der Waals surface area contributed by atoms with Gasteiger partial charge in [0.2, 0.25) is 0 Å². The highest BCUT2D eigenvalue weighted by molar-refractivity contribution is 7.98. The summed E-state index contributed by atoms with van der Waals surface area (Å²) < 4.78 is 13.9.